The average Bonchev–Trinajstić information content (AvgIpc) is 2.56. The van der Waals surface area contributed by atoms with Crippen LogP contribution in [-0.4, -0.2) is 23.4 Å². The topological polar surface area (TPSA) is 67.4 Å². The molecule has 2 aromatic carbocycles. The minimum Gasteiger partial charge on any atom is -0.494 e. The second-order valence-corrected chi connectivity index (χ2v) is 5.41. The van der Waals surface area contributed by atoms with E-state index in [1.807, 2.05) is 6.92 Å². The molecule has 1 amide bonds. The monoisotopic (exact) mass is 342 g/mol. The number of anilines is 1. The fraction of sp³-hybridized carbons (Fsp3) is 0.167. The van der Waals surface area contributed by atoms with Gasteiger partial charge in [0.15, 0.2) is 10.9 Å². The van der Waals surface area contributed by atoms with Gasteiger partial charge >= 0.3 is 0 Å². The molecule has 2 rings (SSSR count). The number of ether oxygens (including phenoxy) is 1. The van der Waals surface area contributed by atoms with Crippen LogP contribution in [0.25, 0.3) is 0 Å². The van der Waals surface area contributed by atoms with E-state index in [9.17, 15) is 9.59 Å². The van der Waals surface area contributed by atoms with Crippen molar-refractivity contribution in [1.82, 2.24) is 5.32 Å². The van der Waals surface area contributed by atoms with Crippen LogP contribution in [0.4, 0.5) is 5.69 Å². The van der Waals surface area contributed by atoms with E-state index in [0.29, 0.717) is 29.2 Å². The highest BCUT2D eigenvalue weighted by molar-refractivity contribution is 7.80. The molecule has 0 unspecified atom stereocenters. The van der Waals surface area contributed by atoms with Crippen LogP contribution in [0.5, 0.6) is 5.75 Å². The Morgan fingerprint density at radius 1 is 1.00 bits per heavy atom. The van der Waals surface area contributed by atoms with Crippen LogP contribution in [-0.2, 0) is 0 Å². The van der Waals surface area contributed by atoms with Gasteiger partial charge in [0.25, 0.3) is 5.91 Å². The van der Waals surface area contributed by atoms with E-state index in [4.69, 9.17) is 17.0 Å². The van der Waals surface area contributed by atoms with Crippen LogP contribution in [0.2, 0.25) is 0 Å². The van der Waals surface area contributed by atoms with Crippen molar-refractivity contribution in [2.24, 2.45) is 0 Å². The van der Waals surface area contributed by atoms with Crippen LogP contribution in [0, 0.1) is 0 Å². The van der Waals surface area contributed by atoms with Gasteiger partial charge in [-0.15, -0.1) is 0 Å². The molecular weight excluding hydrogens is 324 g/mol. The number of benzene rings is 2. The Morgan fingerprint density at radius 3 is 2.12 bits per heavy atom. The number of rotatable bonds is 5. The molecule has 0 bridgehead atoms. The normalized spacial score (nSPS) is 9.92. The van der Waals surface area contributed by atoms with Crippen molar-refractivity contribution < 1.29 is 14.3 Å². The number of ketones is 1. The summed E-state index contributed by atoms with van der Waals surface area (Å²) >= 11 is 5.13. The Bertz CT molecular complexity index is 740. The molecule has 0 atom stereocenters. The standard InChI is InChI=1S/C18H18N2O3S/c1-3-23-16-10-6-14(7-11-16)17(22)20-18(24)19-15-8-4-13(5-9-15)12(2)21/h4-11H,3H2,1-2H3,(H2,19,20,22,24). The maximum atomic E-state index is 12.1. The summed E-state index contributed by atoms with van der Waals surface area (Å²) in [4.78, 5) is 23.4. The van der Waals surface area contributed by atoms with Crippen molar-refractivity contribution in [3.8, 4) is 5.75 Å². The molecular formula is C18H18N2O3S. The molecule has 0 aliphatic heterocycles. The Kier molecular flexibility index (Phi) is 6.03. The zero-order valence-electron chi connectivity index (χ0n) is 13.5. The van der Waals surface area contributed by atoms with E-state index in [1.165, 1.54) is 6.92 Å². The Labute approximate surface area is 146 Å². The van der Waals surface area contributed by atoms with Gasteiger partial charge in [-0.25, -0.2) is 0 Å². The van der Waals surface area contributed by atoms with Crippen molar-refractivity contribution in [3.05, 3.63) is 59.7 Å². The number of carbonyl (C=O) groups excluding carboxylic acids is 2. The number of thiocarbonyl (C=S) groups is 1. The van der Waals surface area contributed by atoms with E-state index < -0.39 is 0 Å². The molecule has 0 heterocycles. The van der Waals surface area contributed by atoms with Crippen LogP contribution in [0.15, 0.2) is 48.5 Å². The summed E-state index contributed by atoms with van der Waals surface area (Å²) in [5, 5.41) is 5.70. The number of Topliss-reactive ketones (excluding diaryl/α,β-unsaturated/α-hetero) is 1. The van der Waals surface area contributed by atoms with E-state index in [1.54, 1.807) is 48.5 Å². The molecule has 2 aromatic rings. The smallest absolute Gasteiger partial charge is 0.257 e. The first-order chi connectivity index (χ1) is 11.5. The van der Waals surface area contributed by atoms with Gasteiger partial charge in [-0.1, -0.05) is 0 Å². The predicted octanol–water partition coefficient (Wildman–Crippen LogP) is 3.41. The molecule has 0 aromatic heterocycles. The van der Waals surface area contributed by atoms with Crippen molar-refractivity contribution >= 4 is 34.7 Å². The van der Waals surface area contributed by atoms with Gasteiger partial charge < -0.3 is 10.1 Å². The number of carbonyl (C=O) groups is 2. The highest BCUT2D eigenvalue weighted by Gasteiger charge is 2.08. The first kappa shape index (κ1) is 17.6. The first-order valence-electron chi connectivity index (χ1n) is 7.46. The van der Waals surface area contributed by atoms with Gasteiger partial charge in [-0.05, 0) is 74.6 Å². The summed E-state index contributed by atoms with van der Waals surface area (Å²) in [6.07, 6.45) is 0. The molecule has 124 valence electrons. The van der Waals surface area contributed by atoms with Gasteiger partial charge in [-0.2, -0.15) is 0 Å². The molecule has 0 saturated heterocycles. The maximum Gasteiger partial charge on any atom is 0.257 e. The second-order valence-electron chi connectivity index (χ2n) is 5.00. The van der Waals surface area contributed by atoms with Crippen molar-refractivity contribution in [2.45, 2.75) is 13.8 Å². The van der Waals surface area contributed by atoms with Crippen LogP contribution in [0.1, 0.15) is 34.6 Å². The van der Waals surface area contributed by atoms with Gasteiger partial charge in [0.05, 0.1) is 6.61 Å². The molecule has 0 aliphatic carbocycles. The van der Waals surface area contributed by atoms with Gasteiger partial charge in [0.1, 0.15) is 5.75 Å². The molecule has 5 nitrogen and oxygen atoms in total. The zero-order valence-corrected chi connectivity index (χ0v) is 14.3. The minimum atomic E-state index is -0.309. The SMILES string of the molecule is CCOc1ccc(C(=O)NC(=S)Nc2ccc(C(C)=O)cc2)cc1. The summed E-state index contributed by atoms with van der Waals surface area (Å²) in [5.41, 5.74) is 1.79. The fourth-order valence-corrected chi connectivity index (χ4v) is 2.21. The highest BCUT2D eigenvalue weighted by atomic mass is 32.1. The molecule has 0 saturated carbocycles. The lowest BCUT2D eigenvalue weighted by molar-refractivity contribution is 0.0976. The molecule has 0 fully saturated rings. The van der Waals surface area contributed by atoms with E-state index in [-0.39, 0.29) is 16.8 Å². The van der Waals surface area contributed by atoms with Crippen molar-refractivity contribution in [2.75, 3.05) is 11.9 Å². The molecule has 2 N–H and O–H groups in total. The van der Waals surface area contributed by atoms with Crippen LogP contribution >= 0.6 is 12.2 Å². The van der Waals surface area contributed by atoms with Crippen molar-refractivity contribution in [3.63, 3.8) is 0 Å². The van der Waals surface area contributed by atoms with Gasteiger partial charge in [-0.3, -0.25) is 14.9 Å². The van der Waals surface area contributed by atoms with E-state index in [2.05, 4.69) is 10.6 Å². The fourth-order valence-electron chi connectivity index (χ4n) is 2.00. The summed E-state index contributed by atoms with van der Waals surface area (Å²) in [5.74, 6) is 0.393. The molecule has 24 heavy (non-hydrogen) atoms. The summed E-state index contributed by atoms with van der Waals surface area (Å²) in [6.45, 7) is 3.97. The number of amides is 1. The molecule has 0 radical (unpaired) electrons. The number of hydrogen-bond acceptors (Lipinski definition) is 4. The summed E-state index contributed by atoms with van der Waals surface area (Å²) in [7, 11) is 0. The molecule has 0 spiro atoms. The third-order valence-corrected chi connectivity index (χ3v) is 3.41. The molecule has 0 aliphatic rings. The lowest BCUT2D eigenvalue weighted by Gasteiger charge is -2.10. The maximum absolute atomic E-state index is 12.1. The number of hydrogen-bond donors (Lipinski definition) is 2. The van der Waals surface area contributed by atoms with Crippen molar-refractivity contribution in [1.29, 1.82) is 0 Å². The predicted molar refractivity (Wildman–Crippen MR) is 97.7 cm³/mol. The first-order valence-corrected chi connectivity index (χ1v) is 7.86. The average molecular weight is 342 g/mol. The van der Waals surface area contributed by atoms with Gasteiger partial charge in [0.2, 0.25) is 0 Å². The van der Waals surface area contributed by atoms with Crippen LogP contribution < -0.4 is 15.4 Å². The quantitative estimate of drug-likeness (QED) is 0.644. The third-order valence-electron chi connectivity index (χ3n) is 3.20. The lowest BCUT2D eigenvalue weighted by Crippen LogP contribution is -2.34. The van der Waals surface area contributed by atoms with E-state index >= 15 is 0 Å². The summed E-state index contributed by atoms with van der Waals surface area (Å²) in [6, 6.07) is 13.7. The minimum absolute atomic E-state index is 0.00655. The Morgan fingerprint density at radius 2 is 1.58 bits per heavy atom. The lowest BCUT2D eigenvalue weighted by atomic mass is 10.1. The third kappa shape index (κ3) is 4.89. The second kappa shape index (κ2) is 8.21. The largest absolute Gasteiger partial charge is 0.494 e. The Hall–Kier alpha value is -2.73. The molecule has 6 heteroatoms. The Balaban J connectivity index is 1.93. The van der Waals surface area contributed by atoms with E-state index in [0.717, 1.165) is 0 Å². The highest BCUT2D eigenvalue weighted by Crippen LogP contribution is 2.12. The van der Waals surface area contributed by atoms with Crippen LogP contribution in [0.3, 0.4) is 0 Å². The van der Waals surface area contributed by atoms with Gasteiger partial charge in [0, 0.05) is 16.8 Å². The summed E-state index contributed by atoms with van der Waals surface area (Å²) < 4.78 is 5.33. The number of nitrogens with one attached hydrogen (secondary N) is 2. The zero-order chi connectivity index (χ0) is 17.5.